The first-order valence-electron chi connectivity index (χ1n) is 4.42. The third-order valence-corrected chi connectivity index (χ3v) is 3.29. The fourth-order valence-corrected chi connectivity index (χ4v) is 1.93. The predicted octanol–water partition coefficient (Wildman–Crippen LogP) is 1.63. The maximum absolute atomic E-state index is 12.6. The van der Waals surface area contributed by atoms with Crippen LogP contribution >= 0.6 is 11.8 Å². The van der Waals surface area contributed by atoms with Crippen LogP contribution in [0.1, 0.15) is 6.92 Å². The van der Waals surface area contributed by atoms with Gasteiger partial charge in [0.2, 0.25) is 0 Å². The molecule has 0 radical (unpaired) electrons. The van der Waals surface area contributed by atoms with Gasteiger partial charge in [0.1, 0.15) is 5.82 Å². The van der Waals surface area contributed by atoms with Crippen molar-refractivity contribution in [2.75, 3.05) is 6.61 Å². The first kappa shape index (κ1) is 11.5. The Bertz CT molecular complexity index is 276. The molecule has 2 atom stereocenters. The molecule has 0 aromatic heterocycles. The van der Waals surface area contributed by atoms with Gasteiger partial charge in [-0.1, -0.05) is 0 Å². The molecule has 78 valence electrons. The van der Waals surface area contributed by atoms with Crippen LogP contribution in [0, 0.1) is 5.82 Å². The average molecular weight is 215 g/mol. The Morgan fingerprint density at radius 2 is 2.00 bits per heavy atom. The number of nitrogens with two attached hydrogens (primary N) is 1. The molecule has 0 aliphatic rings. The zero-order chi connectivity index (χ0) is 10.6. The molecule has 0 aliphatic carbocycles. The van der Waals surface area contributed by atoms with Crippen molar-refractivity contribution in [3.8, 4) is 0 Å². The van der Waals surface area contributed by atoms with E-state index in [4.69, 9.17) is 10.8 Å². The molecular formula is C10H14FNOS. The van der Waals surface area contributed by atoms with E-state index in [1.54, 1.807) is 12.1 Å². The highest BCUT2D eigenvalue weighted by Crippen LogP contribution is 2.24. The number of hydrogen-bond donors (Lipinski definition) is 2. The van der Waals surface area contributed by atoms with Gasteiger partial charge in [0.15, 0.2) is 0 Å². The third-order valence-electron chi connectivity index (χ3n) is 1.87. The fraction of sp³-hybridized carbons (Fsp3) is 0.400. The van der Waals surface area contributed by atoms with Gasteiger partial charge in [-0.2, -0.15) is 0 Å². The number of thioether (sulfide) groups is 1. The van der Waals surface area contributed by atoms with E-state index in [2.05, 4.69) is 0 Å². The van der Waals surface area contributed by atoms with Gasteiger partial charge in [0.25, 0.3) is 0 Å². The van der Waals surface area contributed by atoms with Gasteiger partial charge in [-0.25, -0.2) is 4.39 Å². The summed E-state index contributed by atoms with van der Waals surface area (Å²) in [6.45, 7) is 1.87. The Labute approximate surface area is 87.3 Å². The summed E-state index contributed by atoms with van der Waals surface area (Å²) >= 11 is 1.46. The van der Waals surface area contributed by atoms with Gasteiger partial charge in [0, 0.05) is 16.2 Å². The van der Waals surface area contributed by atoms with Crippen molar-refractivity contribution in [1.82, 2.24) is 0 Å². The van der Waals surface area contributed by atoms with Crippen molar-refractivity contribution >= 4 is 11.8 Å². The van der Waals surface area contributed by atoms with Crippen LogP contribution in [-0.2, 0) is 0 Å². The summed E-state index contributed by atoms with van der Waals surface area (Å²) in [6, 6.07) is 6.08. The Kier molecular flexibility index (Phi) is 4.38. The molecule has 0 fully saturated rings. The van der Waals surface area contributed by atoms with Gasteiger partial charge in [-0.05, 0) is 31.2 Å². The van der Waals surface area contributed by atoms with E-state index in [1.165, 1.54) is 23.9 Å². The Morgan fingerprint density at radius 1 is 1.43 bits per heavy atom. The summed E-state index contributed by atoms with van der Waals surface area (Å²) < 4.78 is 12.6. The van der Waals surface area contributed by atoms with E-state index in [-0.39, 0.29) is 23.7 Å². The molecule has 1 aromatic carbocycles. The molecule has 0 spiro atoms. The highest BCUT2D eigenvalue weighted by atomic mass is 32.2. The lowest BCUT2D eigenvalue weighted by molar-refractivity contribution is 0.285. The quantitative estimate of drug-likeness (QED) is 0.750. The molecule has 4 heteroatoms. The van der Waals surface area contributed by atoms with Crippen molar-refractivity contribution in [2.45, 2.75) is 23.1 Å². The van der Waals surface area contributed by atoms with E-state index < -0.39 is 0 Å². The van der Waals surface area contributed by atoms with Crippen molar-refractivity contribution < 1.29 is 9.50 Å². The SMILES string of the molecule is CC(N)C(CO)Sc1ccc(F)cc1. The second-order valence-corrected chi connectivity index (χ2v) is 4.46. The van der Waals surface area contributed by atoms with Crippen molar-refractivity contribution in [1.29, 1.82) is 0 Å². The second-order valence-electron chi connectivity index (χ2n) is 3.15. The molecule has 0 aliphatic heterocycles. The standard InChI is InChI=1S/C10H14FNOS/c1-7(12)10(6-13)14-9-4-2-8(11)3-5-9/h2-5,7,10,13H,6,12H2,1H3. The van der Waals surface area contributed by atoms with E-state index in [1.807, 2.05) is 6.92 Å². The summed E-state index contributed by atoms with van der Waals surface area (Å²) in [7, 11) is 0. The summed E-state index contributed by atoms with van der Waals surface area (Å²) in [5.74, 6) is -0.254. The molecule has 14 heavy (non-hydrogen) atoms. The summed E-state index contributed by atoms with van der Waals surface area (Å²) in [6.07, 6.45) is 0. The van der Waals surface area contributed by atoms with Gasteiger partial charge >= 0.3 is 0 Å². The van der Waals surface area contributed by atoms with Crippen molar-refractivity contribution in [2.24, 2.45) is 5.73 Å². The topological polar surface area (TPSA) is 46.2 Å². The molecule has 1 aromatic rings. The van der Waals surface area contributed by atoms with E-state index in [0.29, 0.717) is 0 Å². The van der Waals surface area contributed by atoms with Gasteiger partial charge in [0.05, 0.1) is 6.61 Å². The maximum atomic E-state index is 12.6. The highest BCUT2D eigenvalue weighted by molar-refractivity contribution is 8.00. The largest absolute Gasteiger partial charge is 0.395 e. The number of benzene rings is 1. The molecular weight excluding hydrogens is 201 g/mol. The maximum Gasteiger partial charge on any atom is 0.123 e. The number of rotatable bonds is 4. The lowest BCUT2D eigenvalue weighted by atomic mass is 10.3. The first-order valence-corrected chi connectivity index (χ1v) is 5.30. The van der Waals surface area contributed by atoms with E-state index in [9.17, 15) is 4.39 Å². The first-order chi connectivity index (χ1) is 6.63. The zero-order valence-electron chi connectivity index (χ0n) is 7.98. The second kappa shape index (κ2) is 5.34. The molecule has 2 unspecified atom stereocenters. The van der Waals surface area contributed by atoms with Gasteiger partial charge in [-0.15, -0.1) is 11.8 Å². The van der Waals surface area contributed by atoms with Crippen LogP contribution in [0.5, 0.6) is 0 Å². The monoisotopic (exact) mass is 215 g/mol. The Morgan fingerprint density at radius 3 is 2.43 bits per heavy atom. The normalized spacial score (nSPS) is 15.1. The molecule has 0 heterocycles. The minimum absolute atomic E-state index is 0.0275. The lowest BCUT2D eigenvalue weighted by Crippen LogP contribution is -2.31. The minimum Gasteiger partial charge on any atom is -0.395 e. The summed E-state index contributed by atoms with van der Waals surface area (Å²) in [4.78, 5) is 0.919. The number of hydrogen-bond acceptors (Lipinski definition) is 3. The Balaban J connectivity index is 2.63. The smallest absolute Gasteiger partial charge is 0.123 e. The van der Waals surface area contributed by atoms with Crippen LogP contribution in [-0.4, -0.2) is 23.0 Å². The van der Waals surface area contributed by atoms with Crippen LogP contribution in [0.4, 0.5) is 4.39 Å². The van der Waals surface area contributed by atoms with Crippen LogP contribution in [0.15, 0.2) is 29.2 Å². The summed E-state index contributed by atoms with van der Waals surface area (Å²) in [5, 5.41) is 9.00. The molecule has 0 saturated heterocycles. The third kappa shape index (κ3) is 3.29. The molecule has 0 bridgehead atoms. The number of halogens is 1. The van der Waals surface area contributed by atoms with Crippen LogP contribution in [0.2, 0.25) is 0 Å². The fourth-order valence-electron chi connectivity index (χ4n) is 0.999. The van der Waals surface area contributed by atoms with Crippen LogP contribution < -0.4 is 5.73 Å². The highest BCUT2D eigenvalue weighted by Gasteiger charge is 2.13. The van der Waals surface area contributed by atoms with Crippen LogP contribution in [0.3, 0.4) is 0 Å². The number of aliphatic hydroxyl groups excluding tert-OH is 1. The summed E-state index contributed by atoms with van der Waals surface area (Å²) in [5.41, 5.74) is 5.67. The number of aliphatic hydroxyl groups is 1. The van der Waals surface area contributed by atoms with E-state index >= 15 is 0 Å². The molecule has 0 saturated carbocycles. The average Bonchev–Trinajstić information content (AvgIpc) is 2.16. The Hall–Kier alpha value is -0.580. The molecule has 1 rings (SSSR count). The van der Waals surface area contributed by atoms with Crippen LogP contribution in [0.25, 0.3) is 0 Å². The zero-order valence-corrected chi connectivity index (χ0v) is 8.80. The molecule has 2 nitrogen and oxygen atoms in total. The minimum atomic E-state index is -0.254. The predicted molar refractivity (Wildman–Crippen MR) is 56.8 cm³/mol. The van der Waals surface area contributed by atoms with Gasteiger partial charge in [-0.3, -0.25) is 0 Å². The van der Waals surface area contributed by atoms with Crippen molar-refractivity contribution in [3.05, 3.63) is 30.1 Å². The molecule has 0 amide bonds. The van der Waals surface area contributed by atoms with Gasteiger partial charge < -0.3 is 10.8 Å². The van der Waals surface area contributed by atoms with Crippen molar-refractivity contribution in [3.63, 3.8) is 0 Å². The lowest BCUT2D eigenvalue weighted by Gasteiger charge is -2.17. The van der Waals surface area contributed by atoms with E-state index in [0.717, 1.165) is 4.90 Å². The molecule has 3 N–H and O–H groups in total.